The molecule has 0 saturated heterocycles. The summed E-state index contributed by atoms with van der Waals surface area (Å²) < 4.78 is 5.56. The number of hydrogen-bond acceptors (Lipinski definition) is 5. The first-order chi connectivity index (χ1) is 15.1. The van der Waals surface area contributed by atoms with Crippen LogP contribution in [0.15, 0.2) is 54.6 Å². The molecule has 1 aliphatic carbocycles. The van der Waals surface area contributed by atoms with Gasteiger partial charge < -0.3 is 15.4 Å². The van der Waals surface area contributed by atoms with Crippen molar-refractivity contribution in [1.82, 2.24) is 0 Å². The molecule has 3 aromatic rings. The van der Waals surface area contributed by atoms with Crippen molar-refractivity contribution in [3.05, 3.63) is 76.2 Å². The van der Waals surface area contributed by atoms with E-state index in [2.05, 4.69) is 16.7 Å². The zero-order valence-electron chi connectivity index (χ0n) is 16.8. The van der Waals surface area contributed by atoms with Crippen LogP contribution in [0, 0.1) is 11.3 Å². The van der Waals surface area contributed by atoms with Crippen molar-refractivity contribution in [2.45, 2.75) is 25.7 Å². The fraction of sp³-hybridized carbons (Fsp3) is 0.208. The molecule has 1 aliphatic rings. The largest absolute Gasteiger partial charge is 0.484 e. The van der Waals surface area contributed by atoms with Crippen molar-refractivity contribution in [3.8, 4) is 11.8 Å². The van der Waals surface area contributed by atoms with Gasteiger partial charge in [0.05, 0.1) is 5.56 Å². The number of ether oxygens (including phenoxy) is 1. The van der Waals surface area contributed by atoms with E-state index < -0.39 is 0 Å². The van der Waals surface area contributed by atoms with Crippen LogP contribution in [0.25, 0.3) is 0 Å². The van der Waals surface area contributed by atoms with Crippen molar-refractivity contribution in [2.24, 2.45) is 0 Å². The van der Waals surface area contributed by atoms with E-state index in [4.69, 9.17) is 4.74 Å². The molecule has 0 unspecified atom stereocenters. The van der Waals surface area contributed by atoms with E-state index in [1.165, 1.54) is 16.2 Å². The summed E-state index contributed by atoms with van der Waals surface area (Å²) in [5.41, 5.74) is 2.88. The smallest absolute Gasteiger partial charge is 0.262 e. The molecule has 2 aromatic carbocycles. The minimum atomic E-state index is -0.309. The van der Waals surface area contributed by atoms with Crippen LogP contribution in [0.3, 0.4) is 0 Å². The zero-order chi connectivity index (χ0) is 21.6. The third kappa shape index (κ3) is 4.93. The number of hydrogen-bond donors (Lipinski definition) is 2. The minimum Gasteiger partial charge on any atom is -0.484 e. The van der Waals surface area contributed by atoms with Gasteiger partial charge in [-0.3, -0.25) is 9.59 Å². The molecule has 0 radical (unpaired) electrons. The number of thiophene rings is 1. The number of aryl methyl sites for hydroxylation is 1. The van der Waals surface area contributed by atoms with Crippen LogP contribution in [-0.2, 0) is 17.6 Å². The Kier molecular flexibility index (Phi) is 6.29. The van der Waals surface area contributed by atoms with Gasteiger partial charge in [-0.15, -0.1) is 11.3 Å². The third-order valence-electron chi connectivity index (χ3n) is 5.05. The maximum Gasteiger partial charge on any atom is 0.262 e. The number of fused-ring (bicyclic) bond motifs is 1. The summed E-state index contributed by atoms with van der Waals surface area (Å²) in [6.45, 7) is -0.164. The summed E-state index contributed by atoms with van der Waals surface area (Å²) in [7, 11) is 0. The lowest BCUT2D eigenvalue weighted by molar-refractivity contribution is -0.118. The monoisotopic (exact) mass is 431 g/mol. The molecule has 156 valence electrons. The number of benzene rings is 2. The molecule has 4 rings (SSSR count). The number of carbonyl (C=O) groups excluding carboxylic acids is 2. The Morgan fingerprint density at radius 2 is 1.74 bits per heavy atom. The lowest BCUT2D eigenvalue weighted by atomic mass is 9.96. The molecule has 7 heteroatoms. The molecule has 0 bridgehead atoms. The van der Waals surface area contributed by atoms with E-state index >= 15 is 0 Å². The second-order valence-electron chi connectivity index (χ2n) is 7.21. The average molecular weight is 432 g/mol. The fourth-order valence-electron chi connectivity index (χ4n) is 3.51. The topological polar surface area (TPSA) is 91.2 Å². The molecule has 2 N–H and O–H groups in total. The van der Waals surface area contributed by atoms with Gasteiger partial charge in [-0.25, -0.2) is 0 Å². The Morgan fingerprint density at radius 3 is 2.48 bits per heavy atom. The second kappa shape index (κ2) is 9.45. The van der Waals surface area contributed by atoms with E-state index in [9.17, 15) is 14.9 Å². The van der Waals surface area contributed by atoms with Gasteiger partial charge in [-0.2, -0.15) is 5.26 Å². The van der Waals surface area contributed by atoms with Crippen molar-refractivity contribution in [2.75, 3.05) is 17.2 Å². The van der Waals surface area contributed by atoms with E-state index in [-0.39, 0.29) is 18.4 Å². The number of amides is 2. The van der Waals surface area contributed by atoms with Crippen molar-refractivity contribution >= 4 is 33.8 Å². The van der Waals surface area contributed by atoms with Gasteiger partial charge in [0.1, 0.15) is 16.8 Å². The van der Waals surface area contributed by atoms with Gasteiger partial charge in [0.15, 0.2) is 6.61 Å². The van der Waals surface area contributed by atoms with Gasteiger partial charge in [0.25, 0.3) is 11.8 Å². The van der Waals surface area contributed by atoms with Crippen LogP contribution >= 0.6 is 11.3 Å². The first-order valence-corrected chi connectivity index (χ1v) is 10.9. The van der Waals surface area contributed by atoms with Crippen molar-refractivity contribution < 1.29 is 14.3 Å². The standard InChI is InChI=1S/C24H21N3O3S/c25-14-20-19-8-4-5-9-21(19)31-24(20)27-22(28)15-30-18-12-10-17(11-13-18)26-23(29)16-6-2-1-3-7-16/h1-3,6-7,10-13H,4-5,8-9,15H2,(H,26,29)(H,27,28). The van der Waals surface area contributed by atoms with Gasteiger partial charge in [-0.1, -0.05) is 18.2 Å². The molecule has 0 saturated carbocycles. The van der Waals surface area contributed by atoms with Crippen LogP contribution in [-0.4, -0.2) is 18.4 Å². The van der Waals surface area contributed by atoms with E-state index in [1.54, 1.807) is 36.4 Å². The second-order valence-corrected chi connectivity index (χ2v) is 8.31. The summed E-state index contributed by atoms with van der Waals surface area (Å²) in [4.78, 5) is 25.7. The fourth-order valence-corrected chi connectivity index (χ4v) is 4.77. The minimum absolute atomic E-state index is 0.164. The first kappa shape index (κ1) is 20.6. The lowest BCUT2D eigenvalue weighted by Crippen LogP contribution is -2.20. The van der Waals surface area contributed by atoms with Gasteiger partial charge in [0.2, 0.25) is 0 Å². The van der Waals surface area contributed by atoms with Crippen molar-refractivity contribution in [1.29, 1.82) is 5.26 Å². The van der Waals surface area contributed by atoms with Crippen LogP contribution < -0.4 is 15.4 Å². The Hall–Kier alpha value is -3.63. The van der Waals surface area contributed by atoms with E-state index in [0.717, 1.165) is 31.2 Å². The van der Waals surface area contributed by atoms with E-state index in [0.29, 0.717) is 27.6 Å². The molecule has 1 heterocycles. The predicted molar refractivity (Wildman–Crippen MR) is 121 cm³/mol. The summed E-state index contributed by atoms with van der Waals surface area (Å²) in [6.07, 6.45) is 4.07. The summed E-state index contributed by atoms with van der Waals surface area (Å²) >= 11 is 1.49. The lowest BCUT2D eigenvalue weighted by Gasteiger charge is -2.09. The highest BCUT2D eigenvalue weighted by molar-refractivity contribution is 7.16. The van der Waals surface area contributed by atoms with E-state index in [1.807, 2.05) is 18.2 Å². The zero-order valence-corrected chi connectivity index (χ0v) is 17.6. The highest BCUT2D eigenvalue weighted by Gasteiger charge is 2.21. The highest BCUT2D eigenvalue weighted by Crippen LogP contribution is 2.37. The number of anilines is 2. The summed E-state index contributed by atoms with van der Waals surface area (Å²) in [5, 5.41) is 15.7. The van der Waals surface area contributed by atoms with Gasteiger partial charge in [0, 0.05) is 16.1 Å². The molecule has 6 nitrogen and oxygen atoms in total. The normalized spacial score (nSPS) is 12.4. The average Bonchev–Trinajstić information content (AvgIpc) is 3.16. The van der Waals surface area contributed by atoms with Gasteiger partial charge in [-0.05, 0) is 67.6 Å². The molecule has 1 aromatic heterocycles. The van der Waals surface area contributed by atoms with Gasteiger partial charge >= 0.3 is 0 Å². The number of rotatable bonds is 6. The Morgan fingerprint density at radius 1 is 1.00 bits per heavy atom. The summed E-state index contributed by atoms with van der Waals surface area (Å²) in [5.74, 6) is 0.0102. The molecule has 0 fully saturated rings. The third-order valence-corrected chi connectivity index (χ3v) is 6.26. The number of nitrogens with zero attached hydrogens (tertiary/aromatic N) is 1. The molecule has 0 aliphatic heterocycles. The summed E-state index contributed by atoms with van der Waals surface area (Å²) in [6, 6.07) is 18.0. The molecule has 2 amide bonds. The molecule has 31 heavy (non-hydrogen) atoms. The highest BCUT2D eigenvalue weighted by atomic mass is 32.1. The quantitative estimate of drug-likeness (QED) is 0.588. The van der Waals surface area contributed by atoms with Crippen molar-refractivity contribution in [3.63, 3.8) is 0 Å². The van der Waals surface area contributed by atoms with Crippen LogP contribution in [0.2, 0.25) is 0 Å². The number of carbonyl (C=O) groups is 2. The Balaban J connectivity index is 1.31. The van der Waals surface area contributed by atoms with Crippen LogP contribution in [0.4, 0.5) is 10.7 Å². The maximum absolute atomic E-state index is 12.3. The number of nitrogens with one attached hydrogen (secondary N) is 2. The molecular formula is C24H21N3O3S. The van der Waals surface area contributed by atoms with Crippen LogP contribution in [0.1, 0.15) is 39.2 Å². The molecule has 0 spiro atoms. The maximum atomic E-state index is 12.3. The SMILES string of the molecule is N#Cc1c(NC(=O)COc2ccc(NC(=O)c3ccccc3)cc2)sc2c1CCCC2. The number of nitriles is 1. The predicted octanol–water partition coefficient (Wildman–Crippen LogP) is 4.77. The first-order valence-electron chi connectivity index (χ1n) is 10.1. The Labute approximate surface area is 184 Å². The Bertz CT molecular complexity index is 1130. The molecular weight excluding hydrogens is 410 g/mol. The molecule has 0 atom stereocenters. The van der Waals surface area contributed by atoms with Crippen LogP contribution in [0.5, 0.6) is 5.75 Å².